The summed E-state index contributed by atoms with van der Waals surface area (Å²) in [5.41, 5.74) is 6.59. The van der Waals surface area contributed by atoms with Gasteiger partial charge in [0, 0.05) is 30.2 Å². The Balaban J connectivity index is 1.45. The number of anilines is 2. The van der Waals surface area contributed by atoms with E-state index in [1.807, 2.05) is 48.5 Å². The van der Waals surface area contributed by atoms with Crippen molar-refractivity contribution in [2.24, 2.45) is 4.99 Å². The molecule has 0 unspecified atom stereocenters. The Morgan fingerprint density at radius 3 is 1.62 bits per heavy atom. The highest BCUT2D eigenvalue weighted by molar-refractivity contribution is 8.13. The summed E-state index contributed by atoms with van der Waals surface area (Å²) >= 11 is 1.75. The zero-order chi connectivity index (χ0) is 29.0. The molecule has 0 atom stereocenters. The molecule has 0 aliphatic rings. The lowest BCUT2D eigenvalue weighted by atomic mass is 10.1. The predicted molar refractivity (Wildman–Crippen MR) is 176 cm³/mol. The molecular weight excluding hydrogens is 538 g/mol. The van der Waals surface area contributed by atoms with Crippen LogP contribution in [-0.4, -0.2) is 24.3 Å². The highest BCUT2D eigenvalue weighted by atomic mass is 32.2. The molecule has 0 fully saturated rings. The topological polar surface area (TPSA) is 46.1 Å². The third-order valence-electron chi connectivity index (χ3n) is 6.70. The van der Waals surface area contributed by atoms with Crippen molar-refractivity contribution < 1.29 is 9.47 Å². The van der Waals surface area contributed by atoms with Gasteiger partial charge in [0.2, 0.25) is 0 Å². The third-order valence-corrected chi connectivity index (χ3v) is 7.79. The highest BCUT2D eigenvalue weighted by Crippen LogP contribution is 2.27. The molecular formula is C36H35N3O2S. The quantitative estimate of drug-likeness (QED) is 0.126. The molecule has 0 bridgehead atoms. The molecule has 1 N–H and O–H groups in total. The Morgan fingerprint density at radius 1 is 0.595 bits per heavy atom. The van der Waals surface area contributed by atoms with Crippen molar-refractivity contribution in [2.45, 2.75) is 18.8 Å². The first-order valence-electron chi connectivity index (χ1n) is 13.9. The van der Waals surface area contributed by atoms with Gasteiger partial charge in [0.15, 0.2) is 5.17 Å². The number of benzene rings is 5. The van der Waals surface area contributed by atoms with Crippen molar-refractivity contribution in [1.29, 1.82) is 0 Å². The van der Waals surface area contributed by atoms with Crippen LogP contribution in [0.5, 0.6) is 11.5 Å². The highest BCUT2D eigenvalue weighted by Gasteiger charge is 2.15. The average molecular weight is 574 g/mol. The Morgan fingerprint density at radius 2 is 1.10 bits per heavy atom. The average Bonchev–Trinajstić information content (AvgIpc) is 3.05. The first kappa shape index (κ1) is 28.8. The second kappa shape index (κ2) is 14.8. The van der Waals surface area contributed by atoms with Gasteiger partial charge in [0.25, 0.3) is 0 Å². The number of nitrogens with one attached hydrogen (secondary N) is 1. The Labute approximate surface area is 252 Å². The summed E-state index contributed by atoms with van der Waals surface area (Å²) in [6.07, 6.45) is 0. The molecule has 0 radical (unpaired) electrons. The van der Waals surface area contributed by atoms with Crippen LogP contribution in [0.3, 0.4) is 0 Å². The second-order valence-electron chi connectivity index (χ2n) is 9.76. The summed E-state index contributed by atoms with van der Waals surface area (Å²) in [4.78, 5) is 7.55. The van der Waals surface area contributed by atoms with E-state index in [4.69, 9.17) is 14.5 Å². The molecule has 5 nitrogen and oxygen atoms in total. The summed E-state index contributed by atoms with van der Waals surface area (Å²) < 4.78 is 10.8. The van der Waals surface area contributed by atoms with Crippen LogP contribution in [0.25, 0.3) is 0 Å². The summed E-state index contributed by atoms with van der Waals surface area (Å²) in [7, 11) is 3.38. The van der Waals surface area contributed by atoms with Gasteiger partial charge in [-0.2, -0.15) is 0 Å². The SMILES string of the molecule is COc1ccc(CN(Cc2ccc(OC)cc2)C(=Nc2ccc(Nc3ccccc3)cc2)SCc2ccccc2)cc1. The van der Waals surface area contributed by atoms with Crippen molar-refractivity contribution >= 4 is 34.0 Å². The minimum absolute atomic E-state index is 0.699. The maximum Gasteiger partial charge on any atom is 0.165 e. The maximum absolute atomic E-state index is 5.39. The fourth-order valence-electron chi connectivity index (χ4n) is 4.43. The minimum atomic E-state index is 0.699. The smallest absolute Gasteiger partial charge is 0.165 e. The van der Waals surface area contributed by atoms with Crippen LogP contribution in [0, 0.1) is 0 Å². The molecule has 0 aromatic heterocycles. The summed E-state index contributed by atoms with van der Waals surface area (Å²) in [5, 5.41) is 4.41. The zero-order valence-electron chi connectivity index (χ0n) is 23.9. The van der Waals surface area contributed by atoms with Gasteiger partial charge in [-0.05, 0) is 77.4 Å². The number of amidine groups is 1. The van der Waals surface area contributed by atoms with Gasteiger partial charge < -0.3 is 19.7 Å². The Bertz CT molecular complexity index is 1490. The van der Waals surface area contributed by atoms with E-state index in [-0.39, 0.29) is 0 Å². The van der Waals surface area contributed by atoms with E-state index in [0.717, 1.165) is 39.5 Å². The first-order valence-corrected chi connectivity index (χ1v) is 14.9. The van der Waals surface area contributed by atoms with Crippen molar-refractivity contribution in [2.75, 3.05) is 19.5 Å². The van der Waals surface area contributed by atoms with E-state index in [0.29, 0.717) is 13.1 Å². The number of para-hydroxylation sites is 1. The van der Waals surface area contributed by atoms with E-state index in [1.54, 1.807) is 26.0 Å². The molecule has 0 saturated heterocycles. The van der Waals surface area contributed by atoms with E-state index in [9.17, 15) is 0 Å². The lowest BCUT2D eigenvalue weighted by Crippen LogP contribution is -2.28. The molecule has 0 aliphatic carbocycles. The summed E-state index contributed by atoms with van der Waals surface area (Å²) in [6, 6.07) is 45.5. The number of nitrogens with zero attached hydrogens (tertiary/aromatic N) is 2. The van der Waals surface area contributed by atoms with Gasteiger partial charge in [-0.15, -0.1) is 0 Å². The summed E-state index contributed by atoms with van der Waals surface area (Å²) in [6.45, 7) is 1.40. The van der Waals surface area contributed by atoms with E-state index in [1.165, 1.54) is 16.7 Å². The van der Waals surface area contributed by atoms with Crippen LogP contribution >= 0.6 is 11.8 Å². The molecule has 6 heteroatoms. The van der Waals surface area contributed by atoms with Crippen molar-refractivity contribution in [3.05, 3.63) is 150 Å². The molecule has 0 saturated carbocycles. The largest absolute Gasteiger partial charge is 0.497 e. The van der Waals surface area contributed by atoms with Crippen LogP contribution in [0.15, 0.2) is 138 Å². The number of hydrogen-bond acceptors (Lipinski definition) is 5. The van der Waals surface area contributed by atoms with Crippen molar-refractivity contribution in [3.63, 3.8) is 0 Å². The molecule has 5 rings (SSSR count). The van der Waals surface area contributed by atoms with E-state index >= 15 is 0 Å². The van der Waals surface area contributed by atoms with Crippen LogP contribution in [0.4, 0.5) is 17.1 Å². The van der Waals surface area contributed by atoms with Gasteiger partial charge in [-0.1, -0.05) is 84.6 Å². The fraction of sp³-hybridized carbons (Fsp3) is 0.139. The number of methoxy groups -OCH3 is 2. The molecule has 0 spiro atoms. The number of ether oxygens (including phenoxy) is 2. The molecule has 0 amide bonds. The Hall–Kier alpha value is -4.68. The monoisotopic (exact) mass is 573 g/mol. The van der Waals surface area contributed by atoms with Crippen LogP contribution in [0.2, 0.25) is 0 Å². The van der Waals surface area contributed by atoms with E-state index in [2.05, 4.69) is 95.1 Å². The van der Waals surface area contributed by atoms with Crippen LogP contribution in [0.1, 0.15) is 16.7 Å². The van der Waals surface area contributed by atoms with Gasteiger partial charge >= 0.3 is 0 Å². The number of thioether (sulfide) groups is 1. The lowest BCUT2D eigenvalue weighted by Gasteiger charge is -2.26. The normalized spacial score (nSPS) is 11.1. The fourth-order valence-corrected chi connectivity index (χ4v) is 5.40. The molecule has 212 valence electrons. The van der Waals surface area contributed by atoms with Crippen LogP contribution in [-0.2, 0) is 18.8 Å². The Kier molecular flexibility index (Phi) is 10.2. The molecule has 5 aromatic carbocycles. The van der Waals surface area contributed by atoms with Gasteiger partial charge in [-0.25, -0.2) is 4.99 Å². The van der Waals surface area contributed by atoms with Crippen molar-refractivity contribution in [1.82, 2.24) is 4.90 Å². The second-order valence-corrected chi connectivity index (χ2v) is 10.7. The van der Waals surface area contributed by atoms with E-state index < -0.39 is 0 Å². The van der Waals surface area contributed by atoms with Crippen LogP contribution < -0.4 is 14.8 Å². The first-order chi connectivity index (χ1) is 20.7. The molecule has 0 aliphatic heterocycles. The van der Waals surface area contributed by atoms with Gasteiger partial charge in [0.1, 0.15) is 11.5 Å². The minimum Gasteiger partial charge on any atom is -0.497 e. The number of rotatable bonds is 11. The third kappa shape index (κ3) is 8.41. The number of aliphatic imine (C=N–C) groups is 1. The molecule has 0 heterocycles. The number of hydrogen-bond donors (Lipinski definition) is 1. The summed E-state index contributed by atoms with van der Waals surface area (Å²) in [5.74, 6) is 2.50. The maximum atomic E-state index is 5.39. The van der Waals surface area contributed by atoms with Gasteiger partial charge in [0.05, 0.1) is 19.9 Å². The van der Waals surface area contributed by atoms with Gasteiger partial charge in [-0.3, -0.25) is 0 Å². The lowest BCUT2D eigenvalue weighted by molar-refractivity contribution is 0.405. The standard InChI is InChI=1S/C36H35N3O2S/c1-40-34-21-13-28(14-22-34)25-39(26-29-15-23-35(41-2)24-16-29)36(42-27-30-9-5-3-6-10-30)38-33-19-17-32(18-20-33)37-31-11-7-4-8-12-31/h3-24,37H,25-27H2,1-2H3. The zero-order valence-corrected chi connectivity index (χ0v) is 24.8. The molecule has 42 heavy (non-hydrogen) atoms. The predicted octanol–water partition coefficient (Wildman–Crippen LogP) is 9.07. The van der Waals surface area contributed by atoms with Crippen molar-refractivity contribution in [3.8, 4) is 11.5 Å². The molecule has 5 aromatic rings.